The van der Waals surface area contributed by atoms with Crippen LogP contribution in [-0.4, -0.2) is 6.54 Å². The van der Waals surface area contributed by atoms with Gasteiger partial charge in [0.1, 0.15) is 6.54 Å². The van der Waals surface area contributed by atoms with Gasteiger partial charge in [-0.3, -0.25) is 0 Å². The largest absolute Gasteiger partial charge is 0.305 e. The van der Waals surface area contributed by atoms with Gasteiger partial charge in [-0.1, -0.05) is 18.6 Å². The summed E-state index contributed by atoms with van der Waals surface area (Å²) in [4.78, 5) is 0. The third-order valence-electron chi connectivity index (χ3n) is 3.96. The van der Waals surface area contributed by atoms with Crippen LogP contribution in [0.25, 0.3) is 10.9 Å². The van der Waals surface area contributed by atoms with Crippen LogP contribution in [0.2, 0.25) is 0 Å². The van der Waals surface area contributed by atoms with Crippen LogP contribution in [0.5, 0.6) is 0 Å². The summed E-state index contributed by atoms with van der Waals surface area (Å²) in [5.74, 6) is 0. The van der Waals surface area contributed by atoms with E-state index < -0.39 is 0 Å². The Labute approximate surface area is 109 Å². The molecule has 1 saturated heterocycles. The van der Waals surface area contributed by atoms with Crippen molar-refractivity contribution in [3.63, 3.8) is 0 Å². The first-order chi connectivity index (χ1) is 8.90. The lowest BCUT2D eigenvalue weighted by Crippen LogP contribution is -2.43. The van der Waals surface area contributed by atoms with Gasteiger partial charge in [0.05, 0.1) is 6.04 Å². The highest BCUT2D eigenvalue weighted by Crippen LogP contribution is 2.22. The molecule has 2 heteroatoms. The highest BCUT2D eigenvalue weighted by Gasteiger charge is 2.24. The summed E-state index contributed by atoms with van der Waals surface area (Å²) in [5, 5.41) is 4.99. The van der Waals surface area contributed by atoms with Crippen molar-refractivity contribution < 1.29 is 4.57 Å². The van der Waals surface area contributed by atoms with Crippen LogP contribution in [0.3, 0.4) is 0 Å². The molecule has 0 amide bonds. The van der Waals surface area contributed by atoms with Gasteiger partial charge in [0, 0.05) is 17.5 Å². The second-order valence-electron chi connectivity index (χ2n) is 5.06. The molecule has 1 unspecified atom stereocenters. The van der Waals surface area contributed by atoms with Crippen molar-refractivity contribution >= 4 is 10.9 Å². The van der Waals surface area contributed by atoms with E-state index in [1.807, 2.05) is 0 Å². The van der Waals surface area contributed by atoms with E-state index in [1.165, 1.54) is 35.9 Å². The number of nitrogens with zero attached hydrogens (tertiary/aromatic N) is 1. The standard InChI is InChI=1S/C16H21N2/c1-2-18-15-9-4-3-7-13(15)10-11-16(18)14-8-5-6-12-17-14/h3-4,7,9-11,14,17H,2,5-6,8,12H2,1H3/q+1. The monoisotopic (exact) mass is 241 g/mol. The minimum atomic E-state index is 0.531. The van der Waals surface area contributed by atoms with Gasteiger partial charge >= 0.3 is 0 Å². The lowest BCUT2D eigenvalue weighted by Gasteiger charge is -2.22. The van der Waals surface area contributed by atoms with Crippen molar-refractivity contribution in [2.75, 3.05) is 6.54 Å². The van der Waals surface area contributed by atoms with Gasteiger partial charge in [-0.2, -0.15) is 4.57 Å². The molecule has 3 rings (SSSR count). The highest BCUT2D eigenvalue weighted by atomic mass is 15.0. The van der Waals surface area contributed by atoms with Crippen LogP contribution in [0.15, 0.2) is 36.4 Å². The average Bonchev–Trinajstić information content (AvgIpc) is 2.47. The SMILES string of the molecule is CC[n+]1c(C2CCCCN2)ccc2ccccc21. The number of nitrogens with one attached hydrogen (secondary N) is 1. The zero-order valence-corrected chi connectivity index (χ0v) is 11.0. The van der Waals surface area contributed by atoms with Gasteiger partial charge in [0.25, 0.3) is 0 Å². The quantitative estimate of drug-likeness (QED) is 0.799. The molecule has 1 aliphatic heterocycles. The average molecular weight is 241 g/mol. The molecular weight excluding hydrogens is 220 g/mol. The van der Waals surface area contributed by atoms with Crippen molar-refractivity contribution in [1.29, 1.82) is 0 Å². The van der Waals surface area contributed by atoms with E-state index in [4.69, 9.17) is 0 Å². The number of hydrogen-bond acceptors (Lipinski definition) is 1. The summed E-state index contributed by atoms with van der Waals surface area (Å²) in [7, 11) is 0. The molecule has 1 aromatic heterocycles. The fourth-order valence-electron chi connectivity index (χ4n) is 3.04. The molecule has 0 bridgehead atoms. The van der Waals surface area contributed by atoms with Gasteiger partial charge in [-0.25, -0.2) is 0 Å². The van der Waals surface area contributed by atoms with Crippen molar-refractivity contribution in [3.8, 4) is 0 Å². The molecule has 2 heterocycles. The normalized spacial score (nSPS) is 20.2. The minimum Gasteiger partial charge on any atom is -0.305 e. The molecule has 1 aliphatic rings. The summed E-state index contributed by atoms with van der Waals surface area (Å²) in [6.07, 6.45) is 3.92. The van der Waals surface area contributed by atoms with Crippen LogP contribution < -0.4 is 9.88 Å². The Bertz CT molecular complexity index is 542. The van der Waals surface area contributed by atoms with E-state index in [2.05, 4.69) is 53.2 Å². The second-order valence-corrected chi connectivity index (χ2v) is 5.06. The molecule has 94 valence electrons. The lowest BCUT2D eigenvalue weighted by atomic mass is 10.00. The smallest absolute Gasteiger partial charge is 0.212 e. The number of para-hydroxylation sites is 1. The number of aryl methyl sites for hydroxylation is 1. The lowest BCUT2D eigenvalue weighted by molar-refractivity contribution is -0.677. The number of aromatic nitrogens is 1. The highest BCUT2D eigenvalue weighted by molar-refractivity contribution is 5.75. The van der Waals surface area contributed by atoms with Crippen molar-refractivity contribution in [2.24, 2.45) is 0 Å². The Morgan fingerprint density at radius 3 is 2.83 bits per heavy atom. The fourth-order valence-corrected chi connectivity index (χ4v) is 3.04. The minimum absolute atomic E-state index is 0.531. The van der Waals surface area contributed by atoms with Crippen molar-refractivity contribution in [1.82, 2.24) is 5.32 Å². The summed E-state index contributed by atoms with van der Waals surface area (Å²) in [6, 6.07) is 13.8. The molecule has 1 fully saturated rings. The summed E-state index contributed by atoms with van der Waals surface area (Å²) < 4.78 is 2.46. The molecule has 18 heavy (non-hydrogen) atoms. The molecule has 0 spiro atoms. The molecule has 0 radical (unpaired) electrons. The fraction of sp³-hybridized carbons (Fsp3) is 0.438. The zero-order chi connectivity index (χ0) is 12.4. The first-order valence-electron chi connectivity index (χ1n) is 7.05. The van der Waals surface area contributed by atoms with E-state index in [0.717, 1.165) is 13.1 Å². The number of fused-ring (bicyclic) bond motifs is 1. The Morgan fingerprint density at radius 2 is 2.06 bits per heavy atom. The third-order valence-corrected chi connectivity index (χ3v) is 3.96. The second kappa shape index (κ2) is 5.07. The molecule has 2 aromatic rings. The number of benzene rings is 1. The maximum Gasteiger partial charge on any atom is 0.212 e. The van der Waals surface area contributed by atoms with Crippen LogP contribution in [0.1, 0.15) is 37.9 Å². The zero-order valence-electron chi connectivity index (χ0n) is 11.0. The third kappa shape index (κ3) is 2.01. The van der Waals surface area contributed by atoms with E-state index >= 15 is 0 Å². The summed E-state index contributed by atoms with van der Waals surface area (Å²) in [5.41, 5.74) is 2.79. The number of rotatable bonds is 2. The first kappa shape index (κ1) is 11.7. The van der Waals surface area contributed by atoms with Crippen LogP contribution in [0, 0.1) is 0 Å². The van der Waals surface area contributed by atoms with Gasteiger partial charge in [-0.05, 0) is 38.4 Å². The summed E-state index contributed by atoms with van der Waals surface area (Å²) in [6.45, 7) is 4.43. The molecule has 0 aliphatic carbocycles. The van der Waals surface area contributed by atoms with Gasteiger partial charge < -0.3 is 5.32 Å². The molecule has 1 N–H and O–H groups in total. The Kier molecular flexibility index (Phi) is 3.28. The summed E-state index contributed by atoms with van der Waals surface area (Å²) >= 11 is 0. The van der Waals surface area contributed by atoms with Crippen molar-refractivity contribution in [3.05, 3.63) is 42.1 Å². The molecule has 1 atom stereocenters. The van der Waals surface area contributed by atoms with Crippen LogP contribution >= 0.6 is 0 Å². The van der Waals surface area contributed by atoms with Gasteiger partial charge in [-0.15, -0.1) is 0 Å². The topological polar surface area (TPSA) is 15.9 Å². The molecule has 0 saturated carbocycles. The van der Waals surface area contributed by atoms with Crippen molar-refractivity contribution in [2.45, 2.75) is 38.8 Å². The van der Waals surface area contributed by atoms with E-state index in [9.17, 15) is 0 Å². The molecular formula is C16H21N2+. The predicted molar refractivity (Wildman–Crippen MR) is 74.4 cm³/mol. The maximum atomic E-state index is 3.65. The van der Waals surface area contributed by atoms with Gasteiger partial charge in [0.2, 0.25) is 5.52 Å². The number of hydrogen-bond donors (Lipinski definition) is 1. The van der Waals surface area contributed by atoms with Crippen LogP contribution in [0.4, 0.5) is 0 Å². The number of piperidine rings is 1. The Hall–Kier alpha value is -1.41. The Balaban J connectivity index is 2.10. The Morgan fingerprint density at radius 1 is 1.17 bits per heavy atom. The first-order valence-corrected chi connectivity index (χ1v) is 7.05. The van der Waals surface area contributed by atoms with Gasteiger partial charge in [0.15, 0.2) is 5.69 Å². The number of pyridine rings is 1. The maximum absolute atomic E-state index is 3.65. The molecule has 1 aromatic carbocycles. The van der Waals surface area contributed by atoms with E-state index in [0.29, 0.717) is 6.04 Å². The van der Waals surface area contributed by atoms with Crippen LogP contribution in [-0.2, 0) is 6.54 Å². The molecule has 2 nitrogen and oxygen atoms in total. The van der Waals surface area contributed by atoms with E-state index in [1.54, 1.807) is 0 Å². The van der Waals surface area contributed by atoms with E-state index in [-0.39, 0.29) is 0 Å². The predicted octanol–water partition coefficient (Wildman–Crippen LogP) is 2.96.